The van der Waals surface area contributed by atoms with E-state index in [1.807, 2.05) is 0 Å². The van der Waals surface area contributed by atoms with Crippen molar-refractivity contribution in [1.82, 2.24) is 4.90 Å². The summed E-state index contributed by atoms with van der Waals surface area (Å²) in [4.78, 5) is 2.29. The molecule has 1 saturated heterocycles. The van der Waals surface area contributed by atoms with E-state index in [0.29, 0.717) is 5.92 Å². The summed E-state index contributed by atoms with van der Waals surface area (Å²) in [6.45, 7) is 3.00. The van der Waals surface area contributed by atoms with Gasteiger partial charge in [-0.15, -0.1) is 0 Å². The minimum atomic E-state index is -4.26. The second-order valence-corrected chi connectivity index (χ2v) is 5.23. The first kappa shape index (κ1) is 14.2. The highest BCUT2D eigenvalue weighted by Gasteiger charge is 2.29. The average molecular weight is 272 g/mol. The molecule has 106 valence electrons. The molecule has 0 amide bonds. The van der Waals surface area contributed by atoms with Crippen LogP contribution in [0.2, 0.25) is 0 Å². The Morgan fingerprint density at radius 3 is 2.53 bits per heavy atom. The number of benzene rings is 1. The van der Waals surface area contributed by atoms with Gasteiger partial charge in [-0.1, -0.05) is 0 Å². The predicted molar refractivity (Wildman–Crippen MR) is 70.2 cm³/mol. The maximum Gasteiger partial charge on any atom is 0.416 e. The van der Waals surface area contributed by atoms with E-state index >= 15 is 0 Å². The van der Waals surface area contributed by atoms with Crippen molar-refractivity contribution in [2.45, 2.75) is 19.0 Å². The van der Waals surface area contributed by atoms with Crippen LogP contribution in [0.15, 0.2) is 24.3 Å². The fourth-order valence-electron chi connectivity index (χ4n) is 2.48. The number of anilines is 1. The summed E-state index contributed by atoms with van der Waals surface area (Å²) in [7, 11) is 2.10. The van der Waals surface area contributed by atoms with Gasteiger partial charge in [0.15, 0.2) is 0 Å². The largest absolute Gasteiger partial charge is 0.416 e. The number of nitrogens with zero attached hydrogens (tertiary/aromatic N) is 1. The van der Waals surface area contributed by atoms with Crippen molar-refractivity contribution in [3.05, 3.63) is 29.8 Å². The summed E-state index contributed by atoms with van der Waals surface area (Å²) in [5.41, 5.74) is 0.150. The van der Waals surface area contributed by atoms with Crippen LogP contribution < -0.4 is 5.32 Å². The van der Waals surface area contributed by atoms with Gasteiger partial charge in [0.2, 0.25) is 0 Å². The molecular weight excluding hydrogens is 253 g/mol. The van der Waals surface area contributed by atoms with E-state index in [0.717, 1.165) is 37.5 Å². The lowest BCUT2D eigenvalue weighted by atomic mass is 9.98. The third-order valence-corrected chi connectivity index (χ3v) is 3.53. The topological polar surface area (TPSA) is 15.3 Å². The van der Waals surface area contributed by atoms with Crippen LogP contribution in [0.1, 0.15) is 18.4 Å². The fraction of sp³-hybridized carbons (Fsp3) is 0.571. The van der Waals surface area contributed by atoms with Crippen molar-refractivity contribution in [3.63, 3.8) is 0 Å². The second kappa shape index (κ2) is 5.82. The summed E-state index contributed by atoms with van der Waals surface area (Å²) < 4.78 is 37.2. The molecule has 2 nitrogen and oxygen atoms in total. The number of hydrogen-bond donors (Lipinski definition) is 1. The lowest BCUT2D eigenvalue weighted by molar-refractivity contribution is -0.137. The summed E-state index contributed by atoms with van der Waals surface area (Å²) >= 11 is 0. The number of alkyl halides is 3. The minimum absolute atomic E-state index is 0.570. The van der Waals surface area contributed by atoms with Crippen molar-refractivity contribution in [2.75, 3.05) is 32.0 Å². The van der Waals surface area contributed by atoms with Crippen LogP contribution in [-0.4, -0.2) is 31.6 Å². The molecule has 2 rings (SSSR count). The van der Waals surface area contributed by atoms with E-state index in [1.165, 1.54) is 25.0 Å². The highest BCUT2D eigenvalue weighted by molar-refractivity contribution is 5.45. The third kappa shape index (κ3) is 4.13. The van der Waals surface area contributed by atoms with Gasteiger partial charge in [0, 0.05) is 18.8 Å². The highest BCUT2D eigenvalue weighted by atomic mass is 19.4. The predicted octanol–water partition coefficient (Wildman–Crippen LogP) is 3.46. The molecule has 0 aliphatic carbocycles. The van der Waals surface area contributed by atoms with E-state index in [1.54, 1.807) is 0 Å². The van der Waals surface area contributed by atoms with Crippen LogP contribution in [-0.2, 0) is 6.18 Å². The molecule has 0 saturated carbocycles. The molecule has 1 aromatic rings. The van der Waals surface area contributed by atoms with Crippen LogP contribution in [0.5, 0.6) is 0 Å². The molecule has 1 aliphatic heterocycles. The summed E-state index contributed by atoms with van der Waals surface area (Å²) in [6, 6.07) is 5.23. The first-order valence-electron chi connectivity index (χ1n) is 6.55. The van der Waals surface area contributed by atoms with E-state index in [9.17, 15) is 13.2 Å². The van der Waals surface area contributed by atoms with Gasteiger partial charge >= 0.3 is 6.18 Å². The average Bonchev–Trinajstić information content (AvgIpc) is 2.36. The Kier molecular flexibility index (Phi) is 4.34. The zero-order valence-electron chi connectivity index (χ0n) is 11.0. The minimum Gasteiger partial charge on any atom is -0.385 e. The molecule has 0 radical (unpaired) electrons. The Hall–Kier alpha value is -1.23. The molecule has 0 bridgehead atoms. The SMILES string of the molecule is CN1CCCC(CNc2ccc(C(F)(F)F)cc2)C1. The molecule has 5 heteroatoms. The van der Waals surface area contributed by atoms with Crippen molar-refractivity contribution in [2.24, 2.45) is 5.92 Å². The van der Waals surface area contributed by atoms with Crippen LogP contribution in [0.3, 0.4) is 0 Å². The normalized spacial score (nSPS) is 21.4. The van der Waals surface area contributed by atoms with Gasteiger partial charge in [-0.05, 0) is 56.6 Å². The smallest absolute Gasteiger partial charge is 0.385 e. The Balaban J connectivity index is 1.86. The van der Waals surface area contributed by atoms with Gasteiger partial charge in [-0.2, -0.15) is 13.2 Å². The fourth-order valence-corrected chi connectivity index (χ4v) is 2.48. The number of hydrogen-bond acceptors (Lipinski definition) is 2. The molecule has 1 aliphatic rings. The highest BCUT2D eigenvalue weighted by Crippen LogP contribution is 2.29. The number of piperidine rings is 1. The van der Waals surface area contributed by atoms with Gasteiger partial charge in [0.1, 0.15) is 0 Å². The maximum atomic E-state index is 12.4. The number of rotatable bonds is 3. The molecule has 19 heavy (non-hydrogen) atoms. The quantitative estimate of drug-likeness (QED) is 0.906. The number of likely N-dealkylation sites (tertiary alicyclic amines) is 1. The van der Waals surface area contributed by atoms with Crippen LogP contribution in [0, 0.1) is 5.92 Å². The molecule has 0 aromatic heterocycles. The monoisotopic (exact) mass is 272 g/mol. The van der Waals surface area contributed by atoms with E-state index < -0.39 is 11.7 Å². The maximum absolute atomic E-state index is 12.4. The van der Waals surface area contributed by atoms with Gasteiger partial charge in [0.05, 0.1) is 5.56 Å². The summed E-state index contributed by atoms with van der Waals surface area (Å²) in [6.07, 6.45) is -1.89. The van der Waals surface area contributed by atoms with Crippen molar-refractivity contribution >= 4 is 5.69 Å². The molecule has 1 aromatic carbocycles. The number of nitrogens with one attached hydrogen (secondary N) is 1. The third-order valence-electron chi connectivity index (χ3n) is 3.53. The molecule has 1 atom stereocenters. The van der Waals surface area contributed by atoms with E-state index in [-0.39, 0.29) is 0 Å². The van der Waals surface area contributed by atoms with Crippen molar-refractivity contribution in [3.8, 4) is 0 Å². The molecule has 1 heterocycles. The Bertz CT molecular complexity index is 400. The zero-order valence-corrected chi connectivity index (χ0v) is 11.0. The molecule has 1 fully saturated rings. The van der Waals surface area contributed by atoms with Gasteiger partial charge in [-0.3, -0.25) is 0 Å². The zero-order chi connectivity index (χ0) is 13.9. The van der Waals surface area contributed by atoms with E-state index in [2.05, 4.69) is 17.3 Å². The first-order valence-corrected chi connectivity index (χ1v) is 6.55. The molecule has 1 unspecified atom stereocenters. The number of halogens is 3. The van der Waals surface area contributed by atoms with E-state index in [4.69, 9.17) is 0 Å². The van der Waals surface area contributed by atoms with Crippen LogP contribution >= 0.6 is 0 Å². The van der Waals surface area contributed by atoms with Gasteiger partial charge < -0.3 is 10.2 Å². The summed E-state index contributed by atoms with van der Waals surface area (Å²) in [5, 5.41) is 3.22. The van der Waals surface area contributed by atoms with Gasteiger partial charge in [0.25, 0.3) is 0 Å². The summed E-state index contributed by atoms with van der Waals surface area (Å²) in [5.74, 6) is 0.570. The first-order chi connectivity index (χ1) is 8.95. The Morgan fingerprint density at radius 2 is 1.95 bits per heavy atom. The standard InChI is InChI=1S/C14H19F3N2/c1-19-8-2-3-11(10-19)9-18-13-6-4-12(5-7-13)14(15,16)17/h4-7,11,18H,2-3,8-10H2,1H3. The van der Waals surface area contributed by atoms with Crippen LogP contribution in [0.25, 0.3) is 0 Å². The Labute approximate surface area is 111 Å². The molecule has 0 spiro atoms. The van der Waals surface area contributed by atoms with Crippen molar-refractivity contribution < 1.29 is 13.2 Å². The van der Waals surface area contributed by atoms with Crippen LogP contribution in [0.4, 0.5) is 18.9 Å². The van der Waals surface area contributed by atoms with Gasteiger partial charge in [-0.25, -0.2) is 0 Å². The molecule has 1 N–H and O–H groups in total. The van der Waals surface area contributed by atoms with Crippen molar-refractivity contribution in [1.29, 1.82) is 0 Å². The molecular formula is C14H19F3N2. The lowest BCUT2D eigenvalue weighted by Gasteiger charge is -2.30. The second-order valence-electron chi connectivity index (χ2n) is 5.23. The lowest BCUT2D eigenvalue weighted by Crippen LogP contribution is -2.35. The Morgan fingerprint density at radius 1 is 1.26 bits per heavy atom.